The summed E-state index contributed by atoms with van der Waals surface area (Å²) in [6.07, 6.45) is 0.356. The van der Waals surface area contributed by atoms with Crippen LogP contribution in [0, 0.1) is 12.8 Å². The quantitative estimate of drug-likeness (QED) is 0.325. The second kappa shape index (κ2) is 11.4. The van der Waals surface area contributed by atoms with E-state index in [9.17, 15) is 4.79 Å². The lowest BCUT2D eigenvalue weighted by molar-refractivity contribution is -0.116. The van der Waals surface area contributed by atoms with Gasteiger partial charge in [-0.3, -0.25) is 14.7 Å². The Morgan fingerprint density at radius 1 is 1.37 bits per heavy atom. The summed E-state index contributed by atoms with van der Waals surface area (Å²) in [6.45, 7) is 11.2. The normalized spacial score (nSPS) is 20.3. The number of rotatable bonds is 6. The van der Waals surface area contributed by atoms with Crippen molar-refractivity contribution in [3.05, 3.63) is 23.9 Å². The van der Waals surface area contributed by atoms with Crippen LogP contribution in [0.1, 0.15) is 32.9 Å². The fraction of sp³-hybridized carbons (Fsp3) is 0.632. The van der Waals surface area contributed by atoms with Gasteiger partial charge in [0, 0.05) is 50.9 Å². The Kier molecular flexibility index (Phi) is 10.00. The molecule has 0 bridgehead atoms. The number of likely N-dealkylation sites (tertiary alicyclic amines) is 1. The van der Waals surface area contributed by atoms with Crippen molar-refractivity contribution in [1.29, 1.82) is 0 Å². The van der Waals surface area contributed by atoms with Crippen LogP contribution >= 0.6 is 24.0 Å². The second-order valence-corrected chi connectivity index (χ2v) is 7.24. The number of nitrogens with zero attached hydrogens (tertiary/aromatic N) is 3. The number of aryl methyl sites for hydroxylation is 1. The molecule has 0 radical (unpaired) electrons. The molecule has 0 spiro atoms. The molecule has 1 aromatic rings. The van der Waals surface area contributed by atoms with Crippen LogP contribution in [0.25, 0.3) is 0 Å². The van der Waals surface area contributed by atoms with Crippen LogP contribution in [0.5, 0.6) is 0 Å². The van der Waals surface area contributed by atoms with Crippen LogP contribution in [-0.2, 0) is 4.79 Å². The Morgan fingerprint density at radius 3 is 2.70 bits per heavy atom. The van der Waals surface area contributed by atoms with Crippen molar-refractivity contribution in [1.82, 2.24) is 20.5 Å². The third kappa shape index (κ3) is 7.61. The molecule has 27 heavy (non-hydrogen) atoms. The van der Waals surface area contributed by atoms with Crippen molar-refractivity contribution in [2.24, 2.45) is 10.9 Å². The van der Waals surface area contributed by atoms with Crippen LogP contribution < -0.4 is 16.0 Å². The second-order valence-electron chi connectivity index (χ2n) is 7.24. The van der Waals surface area contributed by atoms with E-state index in [4.69, 9.17) is 0 Å². The molecule has 0 saturated carbocycles. The van der Waals surface area contributed by atoms with E-state index in [1.807, 2.05) is 19.1 Å². The van der Waals surface area contributed by atoms with Gasteiger partial charge in [-0.25, -0.2) is 4.98 Å². The summed E-state index contributed by atoms with van der Waals surface area (Å²) in [7, 11) is 1.76. The number of nitrogens with one attached hydrogen (secondary N) is 3. The van der Waals surface area contributed by atoms with Gasteiger partial charge < -0.3 is 16.0 Å². The molecule has 7 nitrogen and oxygen atoms in total. The maximum absolute atomic E-state index is 12.1. The molecule has 1 saturated heterocycles. The van der Waals surface area contributed by atoms with E-state index in [-0.39, 0.29) is 29.9 Å². The first kappa shape index (κ1) is 23.6. The summed E-state index contributed by atoms with van der Waals surface area (Å²) in [5.41, 5.74) is 0.881. The molecular weight excluding hydrogens is 455 g/mol. The molecule has 152 valence electrons. The van der Waals surface area contributed by atoms with Crippen LogP contribution in [-0.4, -0.2) is 60.5 Å². The first-order valence-corrected chi connectivity index (χ1v) is 9.33. The maximum atomic E-state index is 12.1. The highest BCUT2D eigenvalue weighted by atomic mass is 127. The molecule has 2 atom stereocenters. The van der Waals surface area contributed by atoms with E-state index < -0.39 is 0 Å². The average Bonchev–Trinajstić information content (AvgIpc) is 2.95. The molecule has 1 fully saturated rings. The van der Waals surface area contributed by atoms with E-state index in [0.29, 0.717) is 36.8 Å². The third-order valence-corrected chi connectivity index (χ3v) is 4.72. The number of anilines is 1. The van der Waals surface area contributed by atoms with Crippen LogP contribution in [0.2, 0.25) is 0 Å². The maximum Gasteiger partial charge on any atom is 0.227 e. The van der Waals surface area contributed by atoms with Gasteiger partial charge in [0.2, 0.25) is 5.91 Å². The topological polar surface area (TPSA) is 81.6 Å². The van der Waals surface area contributed by atoms with Gasteiger partial charge >= 0.3 is 0 Å². The van der Waals surface area contributed by atoms with Gasteiger partial charge in [-0.2, -0.15) is 0 Å². The van der Waals surface area contributed by atoms with E-state index >= 15 is 0 Å². The zero-order valence-corrected chi connectivity index (χ0v) is 19.3. The van der Waals surface area contributed by atoms with Crippen LogP contribution in [0.3, 0.4) is 0 Å². The summed E-state index contributed by atoms with van der Waals surface area (Å²) >= 11 is 0. The number of amides is 1. The molecule has 0 aromatic carbocycles. The lowest BCUT2D eigenvalue weighted by Gasteiger charge is -2.21. The molecular formula is C19H33IN6O. The first-order valence-electron chi connectivity index (χ1n) is 9.33. The molecule has 1 amide bonds. The molecule has 2 rings (SSSR count). The van der Waals surface area contributed by atoms with Gasteiger partial charge in [-0.1, -0.05) is 13.0 Å². The van der Waals surface area contributed by atoms with Gasteiger partial charge in [0.05, 0.1) is 0 Å². The highest BCUT2D eigenvalue weighted by Gasteiger charge is 2.31. The lowest BCUT2D eigenvalue weighted by Crippen LogP contribution is -2.47. The van der Waals surface area contributed by atoms with Crippen molar-refractivity contribution < 1.29 is 4.79 Å². The Hall–Kier alpha value is -1.42. The monoisotopic (exact) mass is 488 g/mol. The number of carbonyl (C=O) groups is 1. The summed E-state index contributed by atoms with van der Waals surface area (Å²) in [5, 5.41) is 9.53. The highest BCUT2D eigenvalue weighted by molar-refractivity contribution is 14.0. The van der Waals surface area contributed by atoms with Gasteiger partial charge in [0.15, 0.2) is 5.96 Å². The number of hydrogen-bond acceptors (Lipinski definition) is 4. The number of guanidine groups is 1. The zero-order valence-electron chi connectivity index (χ0n) is 17.0. The summed E-state index contributed by atoms with van der Waals surface area (Å²) < 4.78 is 0. The van der Waals surface area contributed by atoms with Crippen molar-refractivity contribution in [3.63, 3.8) is 0 Å². The fourth-order valence-electron chi connectivity index (χ4n) is 3.10. The highest BCUT2D eigenvalue weighted by Crippen LogP contribution is 2.18. The summed E-state index contributed by atoms with van der Waals surface area (Å²) in [6, 6.07) is 6.50. The van der Waals surface area contributed by atoms with E-state index in [1.54, 1.807) is 13.1 Å². The lowest BCUT2D eigenvalue weighted by atomic mass is 10.1. The van der Waals surface area contributed by atoms with Gasteiger partial charge in [0.1, 0.15) is 5.82 Å². The van der Waals surface area contributed by atoms with Gasteiger partial charge in [-0.15, -0.1) is 24.0 Å². The number of aromatic nitrogens is 1. The van der Waals surface area contributed by atoms with Crippen molar-refractivity contribution in [3.8, 4) is 0 Å². The zero-order chi connectivity index (χ0) is 19.1. The molecule has 8 heteroatoms. The van der Waals surface area contributed by atoms with Crippen LogP contribution in [0.4, 0.5) is 5.82 Å². The number of halogens is 1. The minimum atomic E-state index is -0.0636. The molecule has 0 aliphatic carbocycles. The SMILES string of the molecule is CN=C(NCCC(=O)Nc1cccc(C)n1)NC1CN(C(C)C)CC1C.I. The largest absolute Gasteiger partial charge is 0.356 e. The Labute approximate surface area is 179 Å². The first-order chi connectivity index (χ1) is 12.4. The van der Waals surface area contributed by atoms with E-state index in [2.05, 4.69) is 51.6 Å². The third-order valence-electron chi connectivity index (χ3n) is 4.72. The fourth-order valence-corrected chi connectivity index (χ4v) is 3.10. The predicted molar refractivity (Wildman–Crippen MR) is 122 cm³/mol. The van der Waals surface area contributed by atoms with Gasteiger partial charge in [-0.05, 0) is 38.8 Å². The molecule has 2 heterocycles. The average molecular weight is 488 g/mol. The Bertz CT molecular complexity index is 636. The molecule has 2 unspecified atom stereocenters. The summed E-state index contributed by atoms with van der Waals surface area (Å²) in [4.78, 5) is 23.1. The number of hydrogen-bond donors (Lipinski definition) is 3. The minimum absolute atomic E-state index is 0. The van der Waals surface area contributed by atoms with E-state index in [0.717, 1.165) is 24.7 Å². The number of carbonyl (C=O) groups excluding carboxylic acids is 1. The molecule has 1 aliphatic heterocycles. The molecule has 1 aromatic heterocycles. The van der Waals surface area contributed by atoms with Crippen molar-refractivity contribution in [2.75, 3.05) is 32.0 Å². The van der Waals surface area contributed by atoms with Crippen molar-refractivity contribution >= 4 is 41.7 Å². The molecule has 3 N–H and O–H groups in total. The predicted octanol–water partition coefficient (Wildman–Crippen LogP) is 2.23. The Balaban J connectivity index is 0.00000364. The minimum Gasteiger partial charge on any atom is -0.356 e. The van der Waals surface area contributed by atoms with Crippen molar-refractivity contribution in [2.45, 2.75) is 46.2 Å². The molecule has 1 aliphatic rings. The smallest absolute Gasteiger partial charge is 0.227 e. The standard InChI is InChI=1S/C19H32N6O.HI/c1-13(2)25-11-14(3)16(12-25)23-19(20-5)21-10-9-18(26)24-17-8-6-7-15(4)22-17;/h6-8,13-14,16H,9-12H2,1-5H3,(H2,20,21,23)(H,22,24,26);1H. The number of aliphatic imine (C=N–C) groups is 1. The van der Waals surface area contributed by atoms with E-state index in [1.165, 1.54) is 0 Å². The Morgan fingerprint density at radius 2 is 2.11 bits per heavy atom. The van der Waals surface area contributed by atoms with Gasteiger partial charge in [0.25, 0.3) is 0 Å². The van der Waals surface area contributed by atoms with Crippen LogP contribution in [0.15, 0.2) is 23.2 Å². The number of pyridine rings is 1. The summed E-state index contributed by atoms with van der Waals surface area (Å²) in [5.74, 6) is 1.83.